The first-order valence-corrected chi connectivity index (χ1v) is 12.0. The van der Waals surface area contributed by atoms with Gasteiger partial charge in [0, 0.05) is 42.9 Å². The van der Waals surface area contributed by atoms with Crippen LogP contribution in [0.3, 0.4) is 0 Å². The lowest BCUT2D eigenvalue weighted by atomic mass is 9.98. The Bertz CT molecular complexity index is 1160. The van der Waals surface area contributed by atoms with Gasteiger partial charge in [0.2, 0.25) is 5.91 Å². The molecule has 0 unspecified atom stereocenters. The third-order valence-corrected chi connectivity index (χ3v) is 6.55. The van der Waals surface area contributed by atoms with E-state index in [1.54, 1.807) is 12.3 Å². The number of furan rings is 1. The number of fused-ring (bicyclic) bond motifs is 1. The summed E-state index contributed by atoms with van der Waals surface area (Å²) in [6, 6.07) is 15.5. The summed E-state index contributed by atoms with van der Waals surface area (Å²) in [5.74, 6) is 1.02. The number of hydrogen-bond donors (Lipinski definition) is 0. The molecule has 0 bridgehead atoms. The van der Waals surface area contributed by atoms with Crippen molar-refractivity contribution in [3.8, 4) is 5.75 Å². The Balaban J connectivity index is 1.20. The Morgan fingerprint density at radius 3 is 2.94 bits per heavy atom. The van der Waals surface area contributed by atoms with Crippen LogP contribution in [0.5, 0.6) is 5.75 Å². The van der Waals surface area contributed by atoms with E-state index in [0.29, 0.717) is 57.2 Å². The largest absolute Gasteiger partial charge is 0.492 e. The van der Waals surface area contributed by atoms with E-state index in [0.717, 1.165) is 30.4 Å². The molecule has 2 aromatic carbocycles. The van der Waals surface area contributed by atoms with E-state index in [4.69, 9.17) is 13.9 Å². The lowest BCUT2D eigenvalue weighted by Crippen LogP contribution is -2.36. The van der Waals surface area contributed by atoms with Gasteiger partial charge in [0.25, 0.3) is 5.91 Å². The Morgan fingerprint density at radius 1 is 1.12 bits per heavy atom. The van der Waals surface area contributed by atoms with E-state index in [-0.39, 0.29) is 17.7 Å². The maximum absolute atomic E-state index is 13.3. The standard InChI is InChI=1S/C27H30N2O5/c30-26-5-2-9-28(26)11-14-33-24-4-1-3-23(17-24)27(31)29-10-13-32-19-21(18-29)15-20-6-7-22-8-12-34-25(22)16-20/h1,3-4,6-8,12,16-17,21H,2,5,9-11,13-15,18-19H2/t21-/m0/s1. The fraction of sp³-hybridized carbons (Fsp3) is 0.407. The Morgan fingerprint density at radius 2 is 2.06 bits per heavy atom. The topological polar surface area (TPSA) is 72.2 Å². The van der Waals surface area contributed by atoms with Gasteiger partial charge in [0.15, 0.2) is 0 Å². The minimum atomic E-state index is -0.0165. The first-order valence-electron chi connectivity index (χ1n) is 12.0. The molecule has 7 nitrogen and oxygen atoms in total. The van der Waals surface area contributed by atoms with Crippen molar-refractivity contribution in [1.29, 1.82) is 0 Å². The number of likely N-dealkylation sites (tertiary alicyclic amines) is 1. The van der Waals surface area contributed by atoms with Crippen LogP contribution < -0.4 is 4.74 Å². The fourth-order valence-electron chi connectivity index (χ4n) is 4.76. The second kappa shape index (κ2) is 10.3. The molecule has 0 saturated carbocycles. The highest BCUT2D eigenvalue weighted by molar-refractivity contribution is 5.94. The smallest absolute Gasteiger partial charge is 0.254 e. The van der Waals surface area contributed by atoms with Crippen molar-refractivity contribution in [1.82, 2.24) is 9.80 Å². The van der Waals surface area contributed by atoms with Gasteiger partial charge in [-0.1, -0.05) is 18.2 Å². The van der Waals surface area contributed by atoms with Crippen molar-refractivity contribution in [2.24, 2.45) is 5.92 Å². The van der Waals surface area contributed by atoms with Crippen molar-refractivity contribution in [3.63, 3.8) is 0 Å². The summed E-state index contributed by atoms with van der Waals surface area (Å²) in [6.07, 6.45) is 4.06. The van der Waals surface area contributed by atoms with Crippen LogP contribution in [-0.2, 0) is 16.0 Å². The zero-order chi connectivity index (χ0) is 23.3. The Labute approximate surface area is 199 Å². The highest BCUT2D eigenvalue weighted by atomic mass is 16.5. The molecule has 0 spiro atoms. The molecule has 178 valence electrons. The number of rotatable bonds is 7. The average Bonchev–Trinajstić information content (AvgIpc) is 3.41. The van der Waals surface area contributed by atoms with Crippen LogP contribution in [0.15, 0.2) is 59.2 Å². The van der Waals surface area contributed by atoms with Crippen LogP contribution in [-0.4, -0.2) is 67.6 Å². The van der Waals surface area contributed by atoms with Crippen LogP contribution in [0.25, 0.3) is 11.0 Å². The van der Waals surface area contributed by atoms with Gasteiger partial charge >= 0.3 is 0 Å². The lowest BCUT2D eigenvalue weighted by molar-refractivity contribution is -0.128. The third kappa shape index (κ3) is 5.25. The molecule has 34 heavy (non-hydrogen) atoms. The van der Waals surface area contributed by atoms with Crippen LogP contribution in [0.1, 0.15) is 28.8 Å². The number of hydrogen-bond acceptors (Lipinski definition) is 5. The lowest BCUT2D eigenvalue weighted by Gasteiger charge is -2.24. The summed E-state index contributed by atoms with van der Waals surface area (Å²) >= 11 is 0. The Hall–Kier alpha value is -3.32. The summed E-state index contributed by atoms with van der Waals surface area (Å²) in [6.45, 7) is 4.15. The normalized spacial score (nSPS) is 18.9. The summed E-state index contributed by atoms with van der Waals surface area (Å²) in [5.41, 5.74) is 2.66. The van der Waals surface area contributed by atoms with Gasteiger partial charge in [-0.3, -0.25) is 9.59 Å². The van der Waals surface area contributed by atoms with Gasteiger partial charge in [-0.15, -0.1) is 0 Å². The number of ether oxygens (including phenoxy) is 2. The second-order valence-electron chi connectivity index (χ2n) is 9.05. The van der Waals surface area contributed by atoms with Gasteiger partial charge < -0.3 is 23.7 Å². The third-order valence-electron chi connectivity index (χ3n) is 6.55. The van der Waals surface area contributed by atoms with E-state index < -0.39 is 0 Å². The van der Waals surface area contributed by atoms with E-state index in [2.05, 4.69) is 18.2 Å². The summed E-state index contributed by atoms with van der Waals surface area (Å²) in [4.78, 5) is 28.8. The molecule has 0 N–H and O–H groups in total. The molecule has 0 radical (unpaired) electrons. The molecule has 1 atom stereocenters. The van der Waals surface area contributed by atoms with E-state index in [9.17, 15) is 9.59 Å². The molecule has 2 fully saturated rings. The average molecular weight is 463 g/mol. The highest BCUT2D eigenvalue weighted by Gasteiger charge is 2.24. The van der Waals surface area contributed by atoms with Crippen molar-refractivity contribution in [3.05, 3.63) is 65.9 Å². The molecule has 2 saturated heterocycles. The molecule has 7 heteroatoms. The molecule has 2 aliphatic heterocycles. The fourth-order valence-corrected chi connectivity index (χ4v) is 4.76. The monoisotopic (exact) mass is 462 g/mol. The van der Waals surface area contributed by atoms with E-state index >= 15 is 0 Å². The predicted molar refractivity (Wildman–Crippen MR) is 128 cm³/mol. The van der Waals surface area contributed by atoms with Crippen molar-refractivity contribution >= 4 is 22.8 Å². The quantitative estimate of drug-likeness (QED) is 0.535. The van der Waals surface area contributed by atoms with Crippen molar-refractivity contribution in [2.75, 3.05) is 46.0 Å². The molecule has 2 amide bonds. The number of carbonyl (C=O) groups excluding carboxylic acids is 2. The van der Waals surface area contributed by atoms with E-state index in [1.165, 1.54) is 5.56 Å². The van der Waals surface area contributed by atoms with E-state index in [1.807, 2.05) is 34.1 Å². The predicted octanol–water partition coefficient (Wildman–Crippen LogP) is 3.77. The maximum Gasteiger partial charge on any atom is 0.254 e. The van der Waals surface area contributed by atoms with Crippen LogP contribution in [0, 0.1) is 5.92 Å². The maximum atomic E-state index is 13.3. The van der Waals surface area contributed by atoms with Crippen LogP contribution >= 0.6 is 0 Å². The first kappa shape index (κ1) is 22.5. The number of carbonyl (C=O) groups is 2. The Kier molecular flexibility index (Phi) is 6.81. The molecule has 3 heterocycles. The molecule has 3 aromatic rings. The molecule has 0 aliphatic carbocycles. The van der Waals surface area contributed by atoms with Gasteiger partial charge in [0.05, 0.1) is 26.0 Å². The van der Waals surface area contributed by atoms with Crippen molar-refractivity contribution in [2.45, 2.75) is 19.3 Å². The van der Waals surface area contributed by atoms with Crippen LogP contribution in [0.4, 0.5) is 0 Å². The number of benzene rings is 2. The first-order chi connectivity index (χ1) is 16.7. The molecule has 2 aliphatic rings. The van der Waals surface area contributed by atoms with Crippen LogP contribution in [0.2, 0.25) is 0 Å². The summed E-state index contributed by atoms with van der Waals surface area (Å²) in [5, 5.41) is 1.09. The second-order valence-corrected chi connectivity index (χ2v) is 9.05. The zero-order valence-electron chi connectivity index (χ0n) is 19.3. The number of nitrogens with zero attached hydrogens (tertiary/aromatic N) is 2. The van der Waals surface area contributed by atoms with Crippen molar-refractivity contribution < 1.29 is 23.5 Å². The number of amides is 2. The molecular weight excluding hydrogens is 432 g/mol. The highest BCUT2D eigenvalue weighted by Crippen LogP contribution is 2.22. The minimum absolute atomic E-state index is 0.0165. The minimum Gasteiger partial charge on any atom is -0.492 e. The SMILES string of the molecule is O=C1CCCN1CCOc1cccc(C(=O)N2CCOC[C@@H](Cc3ccc4ccoc4c3)C2)c1. The summed E-state index contributed by atoms with van der Waals surface area (Å²) < 4.78 is 17.2. The summed E-state index contributed by atoms with van der Waals surface area (Å²) in [7, 11) is 0. The van der Waals surface area contributed by atoms with Gasteiger partial charge in [-0.05, 0) is 48.7 Å². The van der Waals surface area contributed by atoms with Gasteiger partial charge in [-0.2, -0.15) is 0 Å². The zero-order valence-corrected chi connectivity index (χ0v) is 19.3. The molecular formula is C27H30N2O5. The van der Waals surface area contributed by atoms with Gasteiger partial charge in [0.1, 0.15) is 17.9 Å². The van der Waals surface area contributed by atoms with Gasteiger partial charge in [-0.25, -0.2) is 0 Å². The molecule has 1 aromatic heterocycles. The molecule has 5 rings (SSSR count).